The van der Waals surface area contributed by atoms with Crippen LogP contribution in [0.15, 0.2) is 67.0 Å². The second kappa shape index (κ2) is 4.58. The van der Waals surface area contributed by atoms with Crippen LogP contribution in [-0.2, 0) is 0 Å². The lowest BCUT2D eigenvalue weighted by Gasteiger charge is -1.95. The largest absolute Gasteiger partial charge is 0.218 e. The Kier molecular flexibility index (Phi) is 2.60. The van der Waals surface area contributed by atoms with Crippen LogP contribution in [0.3, 0.4) is 0 Å². The molecule has 2 heterocycles. The lowest BCUT2D eigenvalue weighted by Crippen LogP contribution is -1.91. The van der Waals surface area contributed by atoms with Gasteiger partial charge in [0.2, 0.25) is 5.13 Å². The molecule has 0 spiro atoms. The Balaban J connectivity index is 1.78. The van der Waals surface area contributed by atoms with E-state index in [4.69, 9.17) is 0 Å². The molecule has 0 amide bonds. The van der Waals surface area contributed by atoms with E-state index in [-0.39, 0.29) is 0 Å². The Bertz CT molecular complexity index is 828. The molecule has 0 bridgehead atoms. The van der Waals surface area contributed by atoms with Crippen LogP contribution in [0.4, 0.5) is 0 Å². The van der Waals surface area contributed by atoms with Gasteiger partial charge >= 0.3 is 0 Å². The third-order valence-corrected chi connectivity index (χ3v) is 4.19. The molecular formula is C16H11N3S. The van der Waals surface area contributed by atoms with Gasteiger partial charge in [-0.2, -0.15) is 5.10 Å². The molecule has 0 aliphatic heterocycles. The zero-order valence-electron chi connectivity index (χ0n) is 10.6. The molecule has 0 fully saturated rings. The number of hydrogen-bond donors (Lipinski definition) is 0. The highest BCUT2D eigenvalue weighted by molar-refractivity contribution is 7.20. The van der Waals surface area contributed by atoms with Gasteiger partial charge in [-0.05, 0) is 17.7 Å². The van der Waals surface area contributed by atoms with Crippen molar-refractivity contribution >= 4 is 21.6 Å². The van der Waals surface area contributed by atoms with Gasteiger partial charge in [0.05, 0.1) is 16.4 Å². The van der Waals surface area contributed by atoms with Crippen molar-refractivity contribution in [1.29, 1.82) is 0 Å². The lowest BCUT2D eigenvalue weighted by atomic mass is 10.1. The van der Waals surface area contributed by atoms with E-state index in [0.717, 1.165) is 16.2 Å². The van der Waals surface area contributed by atoms with E-state index < -0.39 is 0 Å². The number of thiazole rings is 1. The second-order valence-electron chi connectivity index (χ2n) is 4.50. The van der Waals surface area contributed by atoms with Gasteiger partial charge in [-0.15, -0.1) is 0 Å². The Morgan fingerprint density at radius 2 is 1.65 bits per heavy atom. The van der Waals surface area contributed by atoms with Gasteiger partial charge in [-0.1, -0.05) is 53.8 Å². The first-order chi connectivity index (χ1) is 9.90. The van der Waals surface area contributed by atoms with Gasteiger partial charge in [0, 0.05) is 11.8 Å². The Morgan fingerprint density at radius 3 is 2.50 bits per heavy atom. The van der Waals surface area contributed by atoms with Crippen LogP contribution < -0.4 is 0 Å². The fraction of sp³-hybridized carbons (Fsp3) is 0. The smallest absolute Gasteiger partial charge is 0.211 e. The lowest BCUT2D eigenvalue weighted by molar-refractivity contribution is 0.873. The molecule has 0 saturated carbocycles. The molecule has 20 heavy (non-hydrogen) atoms. The van der Waals surface area contributed by atoms with Crippen LogP contribution in [0.1, 0.15) is 0 Å². The molecule has 2 aromatic heterocycles. The van der Waals surface area contributed by atoms with Crippen molar-refractivity contribution in [2.45, 2.75) is 0 Å². The van der Waals surface area contributed by atoms with E-state index in [1.807, 2.05) is 53.5 Å². The second-order valence-corrected chi connectivity index (χ2v) is 5.51. The number of para-hydroxylation sites is 1. The van der Waals surface area contributed by atoms with Crippen molar-refractivity contribution in [3.63, 3.8) is 0 Å². The Hall–Kier alpha value is -2.46. The molecule has 4 aromatic rings. The van der Waals surface area contributed by atoms with E-state index in [1.54, 1.807) is 11.3 Å². The standard InChI is InChI=1S/C16H11N3S/c1-2-6-12(7-3-1)13-10-17-19(11-13)16-18-14-8-4-5-9-15(14)20-16/h1-11H. The van der Waals surface area contributed by atoms with Crippen LogP contribution in [0.2, 0.25) is 0 Å². The number of nitrogens with zero attached hydrogens (tertiary/aromatic N) is 3. The van der Waals surface area contributed by atoms with Crippen LogP contribution in [0, 0.1) is 0 Å². The van der Waals surface area contributed by atoms with Crippen LogP contribution in [0.25, 0.3) is 26.5 Å². The van der Waals surface area contributed by atoms with Crippen LogP contribution in [0.5, 0.6) is 0 Å². The molecule has 0 unspecified atom stereocenters. The summed E-state index contributed by atoms with van der Waals surface area (Å²) in [5.41, 5.74) is 3.29. The molecule has 0 radical (unpaired) electrons. The van der Waals surface area contributed by atoms with Crippen molar-refractivity contribution in [2.24, 2.45) is 0 Å². The molecule has 3 nitrogen and oxygen atoms in total. The normalized spacial score (nSPS) is 11.0. The van der Waals surface area contributed by atoms with E-state index in [2.05, 4.69) is 28.3 Å². The van der Waals surface area contributed by atoms with E-state index in [0.29, 0.717) is 0 Å². The number of fused-ring (bicyclic) bond motifs is 1. The minimum Gasteiger partial charge on any atom is -0.218 e. The van der Waals surface area contributed by atoms with Gasteiger partial charge in [-0.3, -0.25) is 0 Å². The highest BCUT2D eigenvalue weighted by atomic mass is 32.1. The molecule has 96 valence electrons. The number of benzene rings is 2. The topological polar surface area (TPSA) is 30.7 Å². The van der Waals surface area contributed by atoms with Crippen molar-refractivity contribution < 1.29 is 0 Å². The van der Waals surface area contributed by atoms with Gasteiger partial charge < -0.3 is 0 Å². The maximum Gasteiger partial charge on any atom is 0.211 e. The maximum absolute atomic E-state index is 4.61. The summed E-state index contributed by atoms with van der Waals surface area (Å²) in [5.74, 6) is 0. The highest BCUT2D eigenvalue weighted by Gasteiger charge is 2.07. The summed E-state index contributed by atoms with van der Waals surface area (Å²) in [7, 11) is 0. The molecule has 4 rings (SSSR count). The van der Waals surface area contributed by atoms with E-state index in [1.165, 1.54) is 10.3 Å². The van der Waals surface area contributed by atoms with Gasteiger partial charge in [0.15, 0.2) is 0 Å². The summed E-state index contributed by atoms with van der Waals surface area (Å²) in [5, 5.41) is 5.32. The number of hydrogen-bond acceptors (Lipinski definition) is 3. The predicted molar refractivity (Wildman–Crippen MR) is 82.2 cm³/mol. The number of rotatable bonds is 2. The zero-order valence-corrected chi connectivity index (χ0v) is 11.4. The third kappa shape index (κ3) is 1.90. The maximum atomic E-state index is 4.61. The molecule has 0 atom stereocenters. The van der Waals surface area contributed by atoms with Crippen LogP contribution >= 0.6 is 11.3 Å². The Labute approximate surface area is 120 Å². The summed E-state index contributed by atoms with van der Waals surface area (Å²) >= 11 is 1.65. The van der Waals surface area contributed by atoms with Gasteiger partial charge in [0.25, 0.3) is 0 Å². The fourth-order valence-corrected chi connectivity index (χ4v) is 3.06. The molecule has 4 heteroatoms. The minimum atomic E-state index is 0.897. The minimum absolute atomic E-state index is 0.897. The molecule has 0 aliphatic rings. The average Bonchev–Trinajstić information content (AvgIpc) is 3.14. The molecule has 0 aliphatic carbocycles. The Morgan fingerprint density at radius 1 is 0.850 bits per heavy atom. The number of aromatic nitrogens is 3. The highest BCUT2D eigenvalue weighted by Crippen LogP contribution is 2.26. The molecule has 2 aromatic carbocycles. The average molecular weight is 277 g/mol. The van der Waals surface area contributed by atoms with Crippen molar-refractivity contribution in [3.05, 3.63) is 67.0 Å². The van der Waals surface area contributed by atoms with Gasteiger partial charge in [-0.25, -0.2) is 9.67 Å². The van der Waals surface area contributed by atoms with Crippen molar-refractivity contribution in [3.8, 4) is 16.3 Å². The first-order valence-corrected chi connectivity index (χ1v) is 7.18. The van der Waals surface area contributed by atoms with Crippen molar-refractivity contribution in [1.82, 2.24) is 14.8 Å². The van der Waals surface area contributed by atoms with Crippen LogP contribution in [-0.4, -0.2) is 14.8 Å². The predicted octanol–water partition coefficient (Wildman–Crippen LogP) is 4.15. The monoisotopic (exact) mass is 277 g/mol. The molecule has 0 N–H and O–H groups in total. The van der Waals surface area contributed by atoms with Crippen molar-refractivity contribution in [2.75, 3.05) is 0 Å². The summed E-state index contributed by atoms with van der Waals surface area (Å²) < 4.78 is 3.02. The summed E-state index contributed by atoms with van der Waals surface area (Å²) in [6.45, 7) is 0. The zero-order chi connectivity index (χ0) is 13.4. The quantitative estimate of drug-likeness (QED) is 0.551. The van der Waals surface area contributed by atoms with E-state index in [9.17, 15) is 0 Å². The van der Waals surface area contributed by atoms with E-state index >= 15 is 0 Å². The molecule has 0 saturated heterocycles. The first kappa shape index (κ1) is 11.4. The first-order valence-electron chi connectivity index (χ1n) is 6.36. The fourth-order valence-electron chi connectivity index (χ4n) is 2.17. The SMILES string of the molecule is c1ccc(-c2cnn(-c3nc4ccccc4s3)c2)cc1. The summed E-state index contributed by atoms with van der Waals surface area (Å²) in [6.07, 6.45) is 3.90. The summed E-state index contributed by atoms with van der Waals surface area (Å²) in [6, 6.07) is 18.4. The third-order valence-electron chi connectivity index (χ3n) is 3.17. The summed E-state index contributed by atoms with van der Waals surface area (Å²) in [4.78, 5) is 4.61. The van der Waals surface area contributed by atoms with Gasteiger partial charge in [0.1, 0.15) is 0 Å². The molecular weight excluding hydrogens is 266 g/mol.